The lowest BCUT2D eigenvalue weighted by atomic mass is 9.42. The molecule has 0 radical (unpaired) electrons. The standard InChI is InChI=1S/C20H23BN4O3S/c1-12-17(13-2-3-13)25(23-10-14-4-5-16(26)19(28)18(14)27)20(29-12)24-15-6-8-21(11-22)9-7-15/h4-5,10,13,15,26-28H,2-3,6-9H2,1H3/b23-10+,24-20-. The van der Waals surface area contributed by atoms with E-state index in [1.165, 1.54) is 23.2 Å². The molecule has 150 valence electrons. The van der Waals surface area contributed by atoms with Gasteiger partial charge in [-0.3, -0.25) is 4.99 Å². The molecule has 2 aliphatic rings. The lowest BCUT2D eigenvalue weighted by molar-refractivity contribution is 0.367. The topological polar surface area (TPSA) is 114 Å². The summed E-state index contributed by atoms with van der Waals surface area (Å²) in [5.74, 6) is 1.51. The highest BCUT2D eigenvalue weighted by Crippen LogP contribution is 2.42. The van der Waals surface area contributed by atoms with E-state index in [0.717, 1.165) is 48.8 Å². The highest BCUT2D eigenvalue weighted by molar-refractivity contribution is 7.09. The molecule has 2 heterocycles. The zero-order valence-electron chi connectivity index (χ0n) is 16.2. The lowest BCUT2D eigenvalue weighted by Crippen LogP contribution is -2.25. The fourth-order valence-corrected chi connectivity index (χ4v) is 4.86. The molecule has 2 fully saturated rings. The van der Waals surface area contributed by atoms with Gasteiger partial charge in [-0.15, -0.1) is 11.3 Å². The number of phenols is 3. The highest BCUT2D eigenvalue weighted by atomic mass is 32.1. The van der Waals surface area contributed by atoms with E-state index >= 15 is 0 Å². The second kappa shape index (κ2) is 7.95. The van der Waals surface area contributed by atoms with Crippen LogP contribution in [0.3, 0.4) is 0 Å². The molecule has 3 N–H and O–H groups in total. The first-order valence-electron chi connectivity index (χ1n) is 9.92. The summed E-state index contributed by atoms with van der Waals surface area (Å²) in [6.07, 6.45) is 7.33. The summed E-state index contributed by atoms with van der Waals surface area (Å²) in [6.45, 7) is 2.23. The molecule has 0 unspecified atom stereocenters. The maximum Gasteiger partial charge on any atom is 0.268 e. The van der Waals surface area contributed by atoms with Gasteiger partial charge >= 0.3 is 0 Å². The van der Waals surface area contributed by atoms with Gasteiger partial charge in [0.05, 0.1) is 18.0 Å². The zero-order chi connectivity index (χ0) is 20.5. The van der Waals surface area contributed by atoms with Gasteiger partial charge in [-0.05, 0) is 44.7 Å². The number of aromatic hydroxyl groups is 3. The van der Waals surface area contributed by atoms with E-state index in [0.29, 0.717) is 11.5 Å². The van der Waals surface area contributed by atoms with Gasteiger partial charge in [-0.1, -0.05) is 12.6 Å². The summed E-state index contributed by atoms with van der Waals surface area (Å²) in [6, 6.07) is 3.02. The molecule has 1 saturated carbocycles. The molecule has 1 saturated heterocycles. The predicted octanol–water partition coefficient (Wildman–Crippen LogP) is 3.36. The van der Waals surface area contributed by atoms with E-state index in [1.54, 1.807) is 11.3 Å². The number of aromatic nitrogens is 1. The van der Waals surface area contributed by atoms with Crippen LogP contribution in [0.15, 0.2) is 22.2 Å². The van der Waals surface area contributed by atoms with Crippen molar-refractivity contribution in [2.45, 2.75) is 57.2 Å². The largest absolute Gasteiger partial charge is 0.504 e. The summed E-state index contributed by atoms with van der Waals surface area (Å²) >= 11 is 1.62. The lowest BCUT2D eigenvalue weighted by Gasteiger charge is -2.19. The molecule has 0 atom stereocenters. The van der Waals surface area contributed by atoms with Crippen molar-refractivity contribution < 1.29 is 15.3 Å². The van der Waals surface area contributed by atoms with Crippen molar-refractivity contribution in [2.24, 2.45) is 10.1 Å². The first-order valence-corrected chi connectivity index (χ1v) is 10.7. The Hall–Kier alpha value is -2.73. The Morgan fingerprint density at radius 1 is 1.17 bits per heavy atom. The Kier molecular flexibility index (Phi) is 5.37. The SMILES string of the molecule is Cc1s/c(=N\C2CCB(C#N)CC2)n(/N=C/c2ccc(O)c(O)c2O)c1C1CC1. The van der Waals surface area contributed by atoms with E-state index in [-0.39, 0.29) is 18.5 Å². The summed E-state index contributed by atoms with van der Waals surface area (Å²) < 4.78 is 1.86. The van der Waals surface area contributed by atoms with Gasteiger partial charge in [0.2, 0.25) is 10.6 Å². The molecule has 0 spiro atoms. The molecule has 0 bridgehead atoms. The van der Waals surface area contributed by atoms with Crippen molar-refractivity contribution in [1.82, 2.24) is 4.68 Å². The number of phenolic OH excluding ortho intramolecular Hbond substituents is 3. The molecular formula is C20H23BN4O3S. The smallest absolute Gasteiger partial charge is 0.268 e. The molecular weight excluding hydrogens is 387 g/mol. The number of aryl methyl sites for hydroxylation is 1. The third kappa shape index (κ3) is 4.03. The van der Waals surface area contributed by atoms with Gasteiger partial charge in [-0.2, -0.15) is 5.10 Å². The van der Waals surface area contributed by atoms with Crippen LogP contribution < -0.4 is 4.80 Å². The molecule has 29 heavy (non-hydrogen) atoms. The van der Waals surface area contributed by atoms with Crippen LogP contribution in [-0.4, -0.2) is 39.0 Å². The zero-order valence-corrected chi connectivity index (χ0v) is 17.1. The van der Waals surface area contributed by atoms with Gasteiger partial charge in [0.25, 0.3) is 6.71 Å². The van der Waals surface area contributed by atoms with Crippen LogP contribution in [0, 0.1) is 18.2 Å². The summed E-state index contributed by atoms with van der Waals surface area (Å²) in [4.78, 5) is 6.96. The number of nitrogens with zero attached hydrogens (tertiary/aromatic N) is 4. The summed E-state index contributed by atoms with van der Waals surface area (Å²) in [7, 11) is 0. The van der Waals surface area contributed by atoms with Crippen LogP contribution in [0.5, 0.6) is 17.2 Å². The minimum atomic E-state index is -0.554. The summed E-state index contributed by atoms with van der Waals surface area (Å²) in [5.41, 5.74) is 1.47. The Morgan fingerprint density at radius 3 is 2.55 bits per heavy atom. The van der Waals surface area contributed by atoms with Crippen LogP contribution in [-0.2, 0) is 0 Å². The fourth-order valence-electron chi connectivity index (χ4n) is 3.79. The number of hydrogen-bond acceptors (Lipinski definition) is 7. The molecule has 1 aromatic heterocycles. The number of rotatable bonds is 4. The number of nitriles is 1. The van der Waals surface area contributed by atoms with Crippen LogP contribution in [0.25, 0.3) is 0 Å². The molecule has 9 heteroatoms. The average molecular weight is 410 g/mol. The van der Waals surface area contributed by atoms with Crippen LogP contribution in [0.1, 0.15) is 47.7 Å². The Balaban J connectivity index is 1.70. The van der Waals surface area contributed by atoms with E-state index in [1.807, 2.05) is 4.68 Å². The van der Waals surface area contributed by atoms with Crippen molar-refractivity contribution in [3.63, 3.8) is 0 Å². The fraction of sp³-hybridized carbons (Fsp3) is 0.450. The Bertz CT molecular complexity index is 1060. The monoisotopic (exact) mass is 410 g/mol. The average Bonchev–Trinajstić information content (AvgIpc) is 3.50. The predicted molar refractivity (Wildman–Crippen MR) is 113 cm³/mol. The van der Waals surface area contributed by atoms with Crippen molar-refractivity contribution >= 4 is 24.3 Å². The molecule has 1 aromatic carbocycles. The van der Waals surface area contributed by atoms with E-state index in [2.05, 4.69) is 18.0 Å². The quantitative estimate of drug-likeness (QED) is 0.407. The van der Waals surface area contributed by atoms with E-state index in [9.17, 15) is 15.3 Å². The third-order valence-corrected chi connectivity index (χ3v) is 6.60. The third-order valence-electron chi connectivity index (χ3n) is 5.62. The second-order valence-corrected chi connectivity index (χ2v) is 8.97. The van der Waals surface area contributed by atoms with Gasteiger partial charge in [0.1, 0.15) is 0 Å². The minimum Gasteiger partial charge on any atom is -0.504 e. The maximum atomic E-state index is 10.1. The van der Waals surface area contributed by atoms with Crippen LogP contribution >= 0.6 is 11.3 Å². The molecule has 7 nitrogen and oxygen atoms in total. The molecule has 1 aliphatic heterocycles. The number of thiazole rings is 1. The minimum absolute atomic E-state index is 0.142. The maximum absolute atomic E-state index is 10.1. The Labute approximate surface area is 173 Å². The molecule has 1 aliphatic carbocycles. The molecule has 0 amide bonds. The second-order valence-electron chi connectivity index (χ2n) is 7.79. The van der Waals surface area contributed by atoms with Gasteiger partial charge in [0, 0.05) is 22.3 Å². The van der Waals surface area contributed by atoms with E-state index < -0.39 is 11.5 Å². The first kappa shape index (κ1) is 19.6. The number of benzene rings is 1. The molecule has 2 aromatic rings. The van der Waals surface area contributed by atoms with Crippen molar-refractivity contribution in [3.05, 3.63) is 33.1 Å². The van der Waals surface area contributed by atoms with Crippen molar-refractivity contribution in [3.8, 4) is 23.2 Å². The van der Waals surface area contributed by atoms with Gasteiger partial charge in [-0.25, -0.2) is 9.94 Å². The van der Waals surface area contributed by atoms with Crippen molar-refractivity contribution in [2.75, 3.05) is 0 Å². The molecule has 4 rings (SSSR count). The van der Waals surface area contributed by atoms with Crippen LogP contribution in [0.4, 0.5) is 0 Å². The van der Waals surface area contributed by atoms with Gasteiger partial charge in [0.15, 0.2) is 11.5 Å². The number of hydrogen-bond donors (Lipinski definition) is 3. The van der Waals surface area contributed by atoms with Crippen molar-refractivity contribution in [1.29, 1.82) is 5.26 Å². The normalized spacial score (nSPS) is 18.5. The highest BCUT2D eigenvalue weighted by Gasteiger charge is 2.30. The van der Waals surface area contributed by atoms with Crippen LogP contribution in [0.2, 0.25) is 12.6 Å². The van der Waals surface area contributed by atoms with E-state index in [4.69, 9.17) is 10.3 Å². The summed E-state index contributed by atoms with van der Waals surface area (Å²) in [5, 5.41) is 43.0. The van der Waals surface area contributed by atoms with Gasteiger partial charge < -0.3 is 15.3 Å². The first-order chi connectivity index (χ1) is 14.0. The Morgan fingerprint density at radius 2 is 1.90 bits per heavy atom.